The third kappa shape index (κ3) is 2.87. The van der Waals surface area contributed by atoms with Crippen LogP contribution < -0.4 is 5.73 Å². The van der Waals surface area contributed by atoms with Gasteiger partial charge in [0.2, 0.25) is 0 Å². The second kappa shape index (κ2) is 3.53. The highest BCUT2D eigenvalue weighted by atomic mass is 16.4. The first-order chi connectivity index (χ1) is 5.27. The van der Waals surface area contributed by atoms with Crippen LogP contribution in [0, 0.1) is 5.92 Å². The Morgan fingerprint density at radius 1 is 1.50 bits per heavy atom. The van der Waals surface area contributed by atoms with Crippen molar-refractivity contribution in [1.82, 2.24) is 0 Å². The second-order valence-electron chi connectivity index (χ2n) is 3.17. The summed E-state index contributed by atoms with van der Waals surface area (Å²) < 4.78 is 0. The minimum Gasteiger partial charge on any atom is -0.481 e. The van der Waals surface area contributed by atoms with Crippen LogP contribution in [0.1, 0.15) is 20.3 Å². The van der Waals surface area contributed by atoms with E-state index in [4.69, 9.17) is 15.9 Å². The molecule has 4 N–H and O–H groups in total. The molecule has 0 saturated heterocycles. The molecule has 0 rings (SSSR count). The molecule has 0 aliphatic heterocycles. The van der Waals surface area contributed by atoms with Gasteiger partial charge in [-0.1, -0.05) is 6.92 Å². The Morgan fingerprint density at radius 3 is 2.17 bits per heavy atom. The van der Waals surface area contributed by atoms with Crippen molar-refractivity contribution in [3.8, 4) is 0 Å². The molecule has 0 bridgehead atoms. The van der Waals surface area contributed by atoms with E-state index in [2.05, 4.69) is 0 Å². The van der Waals surface area contributed by atoms with E-state index in [0.717, 1.165) is 0 Å². The third-order valence-electron chi connectivity index (χ3n) is 1.64. The van der Waals surface area contributed by atoms with Gasteiger partial charge in [0.1, 0.15) is 5.54 Å². The Labute approximate surface area is 70.2 Å². The van der Waals surface area contributed by atoms with Gasteiger partial charge in [0.05, 0.1) is 5.92 Å². The van der Waals surface area contributed by atoms with Crippen molar-refractivity contribution in [2.75, 3.05) is 0 Å². The van der Waals surface area contributed by atoms with Crippen molar-refractivity contribution in [3.63, 3.8) is 0 Å². The van der Waals surface area contributed by atoms with Crippen molar-refractivity contribution in [2.24, 2.45) is 11.7 Å². The molecule has 0 aliphatic carbocycles. The van der Waals surface area contributed by atoms with Crippen molar-refractivity contribution < 1.29 is 19.8 Å². The lowest BCUT2D eigenvalue weighted by molar-refractivity contribution is -0.146. The van der Waals surface area contributed by atoms with Crippen molar-refractivity contribution in [2.45, 2.75) is 25.8 Å². The number of rotatable bonds is 4. The van der Waals surface area contributed by atoms with Gasteiger partial charge in [-0.2, -0.15) is 0 Å². The van der Waals surface area contributed by atoms with E-state index in [9.17, 15) is 9.59 Å². The van der Waals surface area contributed by atoms with E-state index in [1.54, 1.807) is 0 Å². The molecule has 70 valence electrons. The van der Waals surface area contributed by atoms with Crippen LogP contribution >= 0.6 is 0 Å². The number of nitrogens with two attached hydrogens (primary N) is 1. The van der Waals surface area contributed by atoms with Crippen LogP contribution in [0.2, 0.25) is 0 Å². The molecule has 0 amide bonds. The molecule has 0 aromatic heterocycles. The first kappa shape index (κ1) is 10.9. The lowest BCUT2D eigenvalue weighted by Crippen LogP contribution is -2.46. The molecule has 5 heteroatoms. The summed E-state index contributed by atoms with van der Waals surface area (Å²) in [4.78, 5) is 20.8. The van der Waals surface area contributed by atoms with E-state index in [0.29, 0.717) is 0 Å². The van der Waals surface area contributed by atoms with Gasteiger partial charge in [0.15, 0.2) is 0 Å². The molecule has 0 aliphatic rings. The van der Waals surface area contributed by atoms with Gasteiger partial charge in [-0.05, 0) is 13.3 Å². The zero-order valence-corrected chi connectivity index (χ0v) is 7.07. The predicted octanol–water partition coefficient (Wildman–Crippen LogP) is -0.101. The number of hydrogen-bond donors (Lipinski definition) is 3. The van der Waals surface area contributed by atoms with Gasteiger partial charge in [-0.25, -0.2) is 0 Å². The Kier molecular flexibility index (Phi) is 3.21. The number of hydrogen-bond acceptors (Lipinski definition) is 3. The largest absolute Gasteiger partial charge is 0.481 e. The molecule has 0 radical (unpaired) electrons. The fourth-order valence-electron chi connectivity index (χ4n) is 0.811. The molecular weight excluding hydrogens is 162 g/mol. The Balaban J connectivity index is 4.24. The first-order valence-electron chi connectivity index (χ1n) is 3.52. The van der Waals surface area contributed by atoms with Gasteiger partial charge < -0.3 is 15.9 Å². The zero-order valence-electron chi connectivity index (χ0n) is 7.07. The molecule has 2 atom stereocenters. The van der Waals surface area contributed by atoms with E-state index in [1.807, 2.05) is 0 Å². The van der Waals surface area contributed by atoms with Gasteiger partial charge >= 0.3 is 11.9 Å². The summed E-state index contributed by atoms with van der Waals surface area (Å²) in [7, 11) is 0. The first-order valence-corrected chi connectivity index (χ1v) is 3.52. The Bertz CT molecular complexity index is 200. The lowest BCUT2D eigenvalue weighted by atomic mass is 9.91. The number of carboxylic acid groups (broad SMARTS) is 2. The topological polar surface area (TPSA) is 101 Å². The van der Waals surface area contributed by atoms with Gasteiger partial charge in [-0.15, -0.1) is 0 Å². The summed E-state index contributed by atoms with van der Waals surface area (Å²) in [6.45, 7) is 2.73. The lowest BCUT2D eigenvalue weighted by Gasteiger charge is -2.20. The highest BCUT2D eigenvalue weighted by molar-refractivity contribution is 5.79. The van der Waals surface area contributed by atoms with Crippen molar-refractivity contribution in [3.05, 3.63) is 0 Å². The zero-order chi connectivity index (χ0) is 9.94. The molecule has 0 spiro atoms. The third-order valence-corrected chi connectivity index (χ3v) is 1.64. The summed E-state index contributed by atoms with van der Waals surface area (Å²) in [5, 5.41) is 17.0. The maximum Gasteiger partial charge on any atom is 0.323 e. The van der Waals surface area contributed by atoms with Crippen LogP contribution in [0.25, 0.3) is 0 Å². The summed E-state index contributed by atoms with van der Waals surface area (Å²) in [5.41, 5.74) is 3.87. The van der Waals surface area contributed by atoms with Gasteiger partial charge in [0.25, 0.3) is 0 Å². The molecule has 12 heavy (non-hydrogen) atoms. The van der Waals surface area contributed by atoms with Crippen LogP contribution in [0.5, 0.6) is 0 Å². The number of carboxylic acids is 2. The minimum absolute atomic E-state index is 0.0718. The van der Waals surface area contributed by atoms with Crippen molar-refractivity contribution >= 4 is 11.9 Å². The SMILES string of the molecule is CC(C[C@](C)(N)C(=O)O)C(=O)O. The molecule has 0 aromatic carbocycles. The monoisotopic (exact) mass is 175 g/mol. The second-order valence-corrected chi connectivity index (χ2v) is 3.17. The van der Waals surface area contributed by atoms with Crippen LogP contribution in [-0.4, -0.2) is 27.7 Å². The molecule has 0 heterocycles. The number of aliphatic carboxylic acids is 2. The maximum atomic E-state index is 10.5. The van der Waals surface area contributed by atoms with E-state index in [-0.39, 0.29) is 6.42 Å². The quantitative estimate of drug-likeness (QED) is 0.553. The smallest absolute Gasteiger partial charge is 0.323 e. The number of carbonyl (C=O) groups is 2. The maximum absolute atomic E-state index is 10.5. The fraction of sp³-hybridized carbons (Fsp3) is 0.714. The van der Waals surface area contributed by atoms with Gasteiger partial charge in [-0.3, -0.25) is 9.59 Å². The molecule has 5 nitrogen and oxygen atoms in total. The fourth-order valence-corrected chi connectivity index (χ4v) is 0.811. The predicted molar refractivity (Wildman–Crippen MR) is 41.6 cm³/mol. The van der Waals surface area contributed by atoms with Crippen molar-refractivity contribution in [1.29, 1.82) is 0 Å². The Morgan fingerprint density at radius 2 is 1.92 bits per heavy atom. The van der Waals surface area contributed by atoms with E-state index < -0.39 is 23.4 Å². The summed E-state index contributed by atoms with van der Waals surface area (Å²) in [5.74, 6) is -2.96. The van der Waals surface area contributed by atoms with Gasteiger partial charge in [0, 0.05) is 0 Å². The summed E-state index contributed by atoms with van der Waals surface area (Å²) in [6, 6.07) is 0. The summed E-state index contributed by atoms with van der Waals surface area (Å²) >= 11 is 0. The highest BCUT2D eigenvalue weighted by Crippen LogP contribution is 2.14. The van der Waals surface area contributed by atoms with E-state index >= 15 is 0 Å². The highest BCUT2D eigenvalue weighted by Gasteiger charge is 2.32. The minimum atomic E-state index is -1.46. The molecular formula is C7H13NO4. The standard InChI is InChI=1S/C7H13NO4/c1-4(5(9)10)3-7(2,8)6(11)12/h4H,3,8H2,1-2H3,(H,9,10)(H,11,12)/t4?,7-/m0/s1. The van der Waals surface area contributed by atoms with Crippen LogP contribution in [0.4, 0.5) is 0 Å². The average Bonchev–Trinajstić information content (AvgIpc) is 1.85. The van der Waals surface area contributed by atoms with Crippen LogP contribution in [0.3, 0.4) is 0 Å². The molecule has 0 saturated carbocycles. The van der Waals surface area contributed by atoms with Crippen LogP contribution in [-0.2, 0) is 9.59 Å². The molecule has 0 fully saturated rings. The summed E-state index contributed by atoms with van der Waals surface area (Å²) in [6.07, 6.45) is -0.0718. The van der Waals surface area contributed by atoms with Crippen LogP contribution in [0.15, 0.2) is 0 Å². The normalized spacial score (nSPS) is 17.9. The average molecular weight is 175 g/mol. The van der Waals surface area contributed by atoms with E-state index in [1.165, 1.54) is 13.8 Å². The molecule has 1 unspecified atom stereocenters. The molecule has 0 aromatic rings. The Hall–Kier alpha value is -1.10.